The fraction of sp³-hybridized carbons (Fsp3) is 0.462. The molecule has 92 valence electrons. The van der Waals surface area contributed by atoms with Gasteiger partial charge in [-0.25, -0.2) is 4.39 Å². The van der Waals surface area contributed by atoms with E-state index in [1.165, 1.54) is 25.3 Å². The molecule has 17 heavy (non-hydrogen) atoms. The first-order valence-electron chi connectivity index (χ1n) is 5.61. The summed E-state index contributed by atoms with van der Waals surface area (Å²) in [5.41, 5.74) is 0. The second-order valence-electron chi connectivity index (χ2n) is 4.31. The Morgan fingerprint density at radius 2 is 2.06 bits per heavy atom. The molecule has 0 N–H and O–H groups in total. The average molecular weight is 238 g/mol. The third-order valence-electron chi connectivity index (χ3n) is 3.09. The number of Topliss-reactive ketones (excluding diaryl/α,β-unsaturated/α-hetero) is 1. The summed E-state index contributed by atoms with van der Waals surface area (Å²) in [6.07, 6.45) is 1.39. The molecule has 2 rings (SSSR count). The summed E-state index contributed by atoms with van der Waals surface area (Å²) in [4.78, 5) is 11.1. The predicted molar refractivity (Wildman–Crippen MR) is 60.8 cm³/mol. The standard InChI is InChI=1S/C13H15FO3/c1-8(15)9-5-11(6-9)17-13-7-10(14)3-4-12(13)16-2/h3-4,7,9,11H,5-6H2,1-2H3. The van der Waals surface area contributed by atoms with Crippen molar-refractivity contribution in [2.75, 3.05) is 7.11 Å². The SMILES string of the molecule is COc1ccc(F)cc1OC1CC(C(C)=O)C1. The summed E-state index contributed by atoms with van der Waals surface area (Å²) >= 11 is 0. The molecule has 3 nitrogen and oxygen atoms in total. The lowest BCUT2D eigenvalue weighted by Crippen LogP contribution is -2.37. The predicted octanol–water partition coefficient (Wildman–Crippen LogP) is 2.58. The molecule has 1 saturated carbocycles. The molecule has 0 aliphatic heterocycles. The Bertz CT molecular complexity index is 425. The number of carbonyl (C=O) groups is 1. The molecule has 0 saturated heterocycles. The largest absolute Gasteiger partial charge is 0.493 e. The first kappa shape index (κ1) is 11.9. The Kier molecular flexibility index (Phi) is 3.31. The Hall–Kier alpha value is -1.58. The quantitative estimate of drug-likeness (QED) is 0.808. The monoisotopic (exact) mass is 238 g/mol. The number of hydrogen-bond donors (Lipinski definition) is 0. The zero-order valence-corrected chi connectivity index (χ0v) is 9.90. The average Bonchev–Trinajstić information content (AvgIpc) is 2.22. The van der Waals surface area contributed by atoms with E-state index in [0.717, 1.165) is 0 Å². The second-order valence-corrected chi connectivity index (χ2v) is 4.31. The van der Waals surface area contributed by atoms with E-state index in [0.29, 0.717) is 24.3 Å². The number of ketones is 1. The van der Waals surface area contributed by atoms with Crippen LogP contribution in [0, 0.1) is 11.7 Å². The first-order valence-corrected chi connectivity index (χ1v) is 5.61. The highest BCUT2D eigenvalue weighted by molar-refractivity contribution is 5.79. The lowest BCUT2D eigenvalue weighted by atomic mass is 9.80. The van der Waals surface area contributed by atoms with Gasteiger partial charge in [0.2, 0.25) is 0 Å². The number of rotatable bonds is 4. The van der Waals surface area contributed by atoms with E-state index in [9.17, 15) is 9.18 Å². The number of carbonyl (C=O) groups excluding carboxylic acids is 1. The second kappa shape index (κ2) is 4.73. The lowest BCUT2D eigenvalue weighted by Gasteiger charge is -2.33. The van der Waals surface area contributed by atoms with Crippen LogP contribution in [-0.2, 0) is 4.79 Å². The van der Waals surface area contributed by atoms with E-state index < -0.39 is 0 Å². The fourth-order valence-corrected chi connectivity index (χ4v) is 1.92. The van der Waals surface area contributed by atoms with E-state index in [-0.39, 0.29) is 23.6 Å². The van der Waals surface area contributed by atoms with Gasteiger partial charge >= 0.3 is 0 Å². The van der Waals surface area contributed by atoms with Crippen LogP contribution >= 0.6 is 0 Å². The van der Waals surface area contributed by atoms with Gasteiger partial charge in [-0.05, 0) is 31.9 Å². The summed E-state index contributed by atoms with van der Waals surface area (Å²) in [6, 6.07) is 4.16. The Balaban J connectivity index is 2.00. The van der Waals surface area contributed by atoms with Crippen LogP contribution in [-0.4, -0.2) is 19.0 Å². The van der Waals surface area contributed by atoms with Crippen molar-refractivity contribution >= 4 is 5.78 Å². The molecule has 1 aromatic carbocycles. The van der Waals surface area contributed by atoms with Crippen LogP contribution in [0.2, 0.25) is 0 Å². The van der Waals surface area contributed by atoms with Crippen molar-refractivity contribution in [1.29, 1.82) is 0 Å². The highest BCUT2D eigenvalue weighted by Gasteiger charge is 2.34. The van der Waals surface area contributed by atoms with Gasteiger partial charge in [0.25, 0.3) is 0 Å². The number of halogens is 1. The van der Waals surface area contributed by atoms with Crippen LogP contribution in [0.5, 0.6) is 11.5 Å². The van der Waals surface area contributed by atoms with Gasteiger partial charge in [0.15, 0.2) is 11.5 Å². The molecule has 1 aromatic rings. The van der Waals surface area contributed by atoms with E-state index in [2.05, 4.69) is 0 Å². The Labute approximate surface area is 99.5 Å². The molecule has 0 unspecified atom stereocenters. The zero-order valence-electron chi connectivity index (χ0n) is 9.90. The van der Waals surface area contributed by atoms with Gasteiger partial charge in [-0.3, -0.25) is 4.79 Å². The molecule has 0 aromatic heterocycles. The van der Waals surface area contributed by atoms with Gasteiger partial charge in [-0.2, -0.15) is 0 Å². The minimum atomic E-state index is -0.358. The van der Waals surface area contributed by atoms with Crippen LogP contribution in [0.1, 0.15) is 19.8 Å². The molecule has 1 fully saturated rings. The molecule has 0 radical (unpaired) electrons. The Morgan fingerprint density at radius 3 is 2.65 bits per heavy atom. The van der Waals surface area contributed by atoms with Crippen LogP contribution in [0.15, 0.2) is 18.2 Å². The minimum absolute atomic E-state index is 0.0143. The highest BCUT2D eigenvalue weighted by Crippen LogP contribution is 2.35. The van der Waals surface area contributed by atoms with Gasteiger partial charge in [-0.1, -0.05) is 0 Å². The number of hydrogen-bond acceptors (Lipinski definition) is 3. The van der Waals surface area contributed by atoms with Crippen molar-refractivity contribution in [2.24, 2.45) is 5.92 Å². The van der Waals surface area contributed by atoms with Crippen LogP contribution in [0.3, 0.4) is 0 Å². The van der Waals surface area contributed by atoms with E-state index in [1.54, 1.807) is 6.92 Å². The molecule has 0 spiro atoms. The number of methoxy groups -OCH3 is 1. The molecule has 0 heterocycles. The van der Waals surface area contributed by atoms with E-state index >= 15 is 0 Å². The van der Waals surface area contributed by atoms with Crippen LogP contribution in [0.25, 0.3) is 0 Å². The molecule has 0 atom stereocenters. The molecule has 0 amide bonds. The number of ether oxygens (including phenoxy) is 2. The Morgan fingerprint density at radius 1 is 1.35 bits per heavy atom. The van der Waals surface area contributed by atoms with Gasteiger partial charge in [0, 0.05) is 12.0 Å². The smallest absolute Gasteiger partial charge is 0.164 e. The molecule has 4 heteroatoms. The third-order valence-corrected chi connectivity index (χ3v) is 3.09. The maximum atomic E-state index is 13.1. The third kappa shape index (κ3) is 2.57. The van der Waals surface area contributed by atoms with Gasteiger partial charge in [0.05, 0.1) is 7.11 Å². The first-order chi connectivity index (χ1) is 8.10. The zero-order chi connectivity index (χ0) is 12.4. The van der Waals surface area contributed by atoms with Crippen molar-refractivity contribution in [3.05, 3.63) is 24.0 Å². The van der Waals surface area contributed by atoms with Crippen molar-refractivity contribution in [3.63, 3.8) is 0 Å². The van der Waals surface area contributed by atoms with Crippen molar-refractivity contribution in [1.82, 2.24) is 0 Å². The topological polar surface area (TPSA) is 35.5 Å². The van der Waals surface area contributed by atoms with Gasteiger partial charge in [-0.15, -0.1) is 0 Å². The molecule has 0 bridgehead atoms. The van der Waals surface area contributed by atoms with Crippen molar-refractivity contribution < 1.29 is 18.7 Å². The maximum absolute atomic E-state index is 13.1. The lowest BCUT2D eigenvalue weighted by molar-refractivity contribution is -0.126. The summed E-state index contributed by atoms with van der Waals surface area (Å²) in [5, 5.41) is 0. The number of benzene rings is 1. The van der Waals surface area contributed by atoms with Gasteiger partial charge < -0.3 is 9.47 Å². The maximum Gasteiger partial charge on any atom is 0.164 e. The molecular weight excluding hydrogens is 223 g/mol. The molecule has 1 aliphatic carbocycles. The van der Waals surface area contributed by atoms with E-state index in [1.807, 2.05) is 0 Å². The van der Waals surface area contributed by atoms with E-state index in [4.69, 9.17) is 9.47 Å². The summed E-state index contributed by atoms with van der Waals surface area (Å²) in [7, 11) is 1.51. The minimum Gasteiger partial charge on any atom is -0.493 e. The highest BCUT2D eigenvalue weighted by atomic mass is 19.1. The van der Waals surface area contributed by atoms with Crippen LogP contribution in [0.4, 0.5) is 4.39 Å². The summed E-state index contributed by atoms with van der Waals surface area (Å²) < 4.78 is 23.8. The normalized spacial score (nSPS) is 22.8. The fourth-order valence-electron chi connectivity index (χ4n) is 1.92. The molecular formula is C13H15FO3. The van der Waals surface area contributed by atoms with Gasteiger partial charge in [0.1, 0.15) is 17.7 Å². The summed E-state index contributed by atoms with van der Waals surface area (Å²) in [5.74, 6) is 0.844. The summed E-state index contributed by atoms with van der Waals surface area (Å²) in [6.45, 7) is 1.59. The van der Waals surface area contributed by atoms with Crippen molar-refractivity contribution in [2.45, 2.75) is 25.9 Å². The van der Waals surface area contributed by atoms with Crippen molar-refractivity contribution in [3.8, 4) is 11.5 Å². The molecule has 1 aliphatic rings. The van der Waals surface area contributed by atoms with Crippen LogP contribution < -0.4 is 9.47 Å².